The van der Waals surface area contributed by atoms with Gasteiger partial charge in [-0.2, -0.15) is 0 Å². The Morgan fingerprint density at radius 2 is 2.14 bits per heavy atom. The quantitative estimate of drug-likeness (QED) is 0.883. The zero-order chi connectivity index (χ0) is 9.84. The van der Waals surface area contributed by atoms with Gasteiger partial charge in [0.05, 0.1) is 5.02 Å². The maximum atomic E-state index is 5.96. The predicted octanol–water partition coefficient (Wildman–Crippen LogP) is 4.32. The van der Waals surface area contributed by atoms with Crippen LogP contribution in [0.15, 0.2) is 22.7 Å². The number of benzene rings is 1. The molecule has 0 unspecified atom stereocenters. The minimum atomic E-state index is 0. The average molecular weight is 299 g/mol. The lowest BCUT2D eigenvalue weighted by atomic mass is 10.0. The molecule has 0 aromatic heterocycles. The van der Waals surface area contributed by atoms with E-state index in [1.165, 1.54) is 0 Å². The van der Waals surface area contributed by atoms with E-state index in [2.05, 4.69) is 22.9 Å². The summed E-state index contributed by atoms with van der Waals surface area (Å²) in [5.74, 6) is 0. The first kappa shape index (κ1) is 14.2. The van der Waals surface area contributed by atoms with Crippen LogP contribution in [0.4, 0.5) is 0 Å². The van der Waals surface area contributed by atoms with E-state index >= 15 is 0 Å². The van der Waals surface area contributed by atoms with Gasteiger partial charge in [-0.1, -0.05) is 31.0 Å². The Hall–Kier alpha value is 0.240. The fourth-order valence-corrected chi connectivity index (χ4v) is 1.73. The number of halogens is 3. The first-order valence-corrected chi connectivity index (χ1v) is 5.52. The highest BCUT2D eigenvalue weighted by molar-refractivity contribution is 9.10. The average Bonchev–Trinajstić information content (AvgIpc) is 2.10. The van der Waals surface area contributed by atoms with Gasteiger partial charge in [0, 0.05) is 10.5 Å². The van der Waals surface area contributed by atoms with Crippen LogP contribution >= 0.6 is 39.9 Å². The molecule has 1 atom stereocenters. The first-order chi connectivity index (χ1) is 6.15. The fraction of sp³-hybridized carbons (Fsp3) is 0.400. The molecule has 14 heavy (non-hydrogen) atoms. The molecule has 80 valence electrons. The Morgan fingerprint density at radius 1 is 1.50 bits per heavy atom. The van der Waals surface area contributed by atoms with Gasteiger partial charge in [-0.3, -0.25) is 0 Å². The number of hydrogen-bond donors (Lipinski definition) is 1. The lowest BCUT2D eigenvalue weighted by Crippen LogP contribution is -2.09. The van der Waals surface area contributed by atoms with Gasteiger partial charge in [0.25, 0.3) is 0 Å². The molecule has 0 heterocycles. The highest BCUT2D eigenvalue weighted by atomic mass is 79.9. The van der Waals surface area contributed by atoms with Gasteiger partial charge in [0.1, 0.15) is 0 Å². The van der Waals surface area contributed by atoms with Gasteiger partial charge in [-0.25, -0.2) is 0 Å². The van der Waals surface area contributed by atoms with Crippen LogP contribution in [0.1, 0.15) is 31.4 Å². The lowest BCUT2D eigenvalue weighted by molar-refractivity contribution is 0.638. The largest absolute Gasteiger partial charge is 0.324 e. The van der Waals surface area contributed by atoms with E-state index in [9.17, 15) is 0 Å². The monoisotopic (exact) mass is 297 g/mol. The van der Waals surface area contributed by atoms with Gasteiger partial charge in [-0.15, -0.1) is 12.4 Å². The Morgan fingerprint density at radius 3 is 2.64 bits per heavy atom. The van der Waals surface area contributed by atoms with Gasteiger partial charge in [-0.05, 0) is 40.0 Å². The molecule has 0 fully saturated rings. The van der Waals surface area contributed by atoms with Crippen molar-refractivity contribution in [3.8, 4) is 0 Å². The van der Waals surface area contributed by atoms with Gasteiger partial charge in [0.2, 0.25) is 0 Å². The summed E-state index contributed by atoms with van der Waals surface area (Å²) in [6.45, 7) is 2.13. The predicted molar refractivity (Wildman–Crippen MR) is 68.2 cm³/mol. The van der Waals surface area contributed by atoms with Crippen LogP contribution in [0.25, 0.3) is 0 Å². The fourth-order valence-electron chi connectivity index (χ4n) is 1.22. The molecule has 1 aromatic rings. The second-order valence-corrected chi connectivity index (χ2v) is 4.33. The van der Waals surface area contributed by atoms with Crippen molar-refractivity contribution in [2.45, 2.75) is 25.8 Å². The van der Waals surface area contributed by atoms with Gasteiger partial charge >= 0.3 is 0 Å². The summed E-state index contributed by atoms with van der Waals surface area (Å²) in [4.78, 5) is 0. The number of nitrogens with two attached hydrogens (primary N) is 1. The van der Waals surface area contributed by atoms with Crippen LogP contribution in [0.2, 0.25) is 5.02 Å². The standard InChI is InChI=1S/C10H13BrClN.ClH/c1-2-3-10(13)7-4-5-9(12)8(11)6-7;/h4-6,10H,2-3,13H2,1H3;1H/t10-;/m1./s1. The lowest BCUT2D eigenvalue weighted by Gasteiger charge is -2.11. The molecule has 0 saturated heterocycles. The molecule has 0 aliphatic heterocycles. The van der Waals surface area contributed by atoms with E-state index in [-0.39, 0.29) is 18.4 Å². The molecule has 1 rings (SSSR count). The molecule has 2 N–H and O–H groups in total. The number of hydrogen-bond acceptors (Lipinski definition) is 1. The Balaban J connectivity index is 0.00000169. The molecule has 0 radical (unpaired) electrons. The highest BCUT2D eigenvalue weighted by Gasteiger charge is 2.06. The van der Waals surface area contributed by atoms with Crippen molar-refractivity contribution in [2.75, 3.05) is 0 Å². The van der Waals surface area contributed by atoms with Crippen molar-refractivity contribution in [1.82, 2.24) is 0 Å². The van der Waals surface area contributed by atoms with Gasteiger partial charge < -0.3 is 5.73 Å². The highest BCUT2D eigenvalue weighted by Crippen LogP contribution is 2.26. The van der Waals surface area contributed by atoms with E-state index in [1.54, 1.807) is 0 Å². The summed E-state index contributed by atoms with van der Waals surface area (Å²) in [5.41, 5.74) is 7.10. The summed E-state index contributed by atoms with van der Waals surface area (Å²) in [7, 11) is 0. The molecule has 0 saturated carbocycles. The molecule has 0 aliphatic carbocycles. The third-order valence-corrected chi connectivity index (χ3v) is 3.19. The smallest absolute Gasteiger partial charge is 0.0548 e. The van der Waals surface area contributed by atoms with Crippen molar-refractivity contribution >= 4 is 39.9 Å². The molecule has 1 nitrogen and oxygen atoms in total. The molecule has 0 amide bonds. The second-order valence-electron chi connectivity index (χ2n) is 3.07. The molecule has 1 aromatic carbocycles. The SMILES string of the molecule is CCC[C@@H](N)c1ccc(Cl)c(Br)c1.Cl. The Kier molecular flexibility index (Phi) is 6.79. The topological polar surface area (TPSA) is 26.0 Å². The van der Waals surface area contributed by atoms with Crippen molar-refractivity contribution < 1.29 is 0 Å². The van der Waals surface area contributed by atoms with E-state index in [4.69, 9.17) is 17.3 Å². The molecule has 0 bridgehead atoms. The third kappa shape index (κ3) is 3.77. The van der Waals surface area contributed by atoms with Crippen molar-refractivity contribution in [3.05, 3.63) is 33.3 Å². The minimum Gasteiger partial charge on any atom is -0.324 e. The first-order valence-electron chi connectivity index (χ1n) is 4.35. The van der Waals surface area contributed by atoms with E-state index in [0.717, 1.165) is 27.9 Å². The van der Waals surface area contributed by atoms with Crippen LogP contribution in [-0.2, 0) is 0 Å². The Labute approximate surface area is 105 Å². The second kappa shape index (κ2) is 6.67. The van der Waals surface area contributed by atoms with Crippen molar-refractivity contribution in [1.29, 1.82) is 0 Å². The molecule has 4 heteroatoms. The third-order valence-electron chi connectivity index (χ3n) is 1.97. The Bertz CT molecular complexity index is 291. The molecule has 0 aliphatic rings. The van der Waals surface area contributed by atoms with E-state index in [0.29, 0.717) is 0 Å². The zero-order valence-corrected chi connectivity index (χ0v) is 11.1. The summed E-state index contributed by atoms with van der Waals surface area (Å²) in [6, 6.07) is 5.96. The summed E-state index contributed by atoms with van der Waals surface area (Å²) in [6.07, 6.45) is 2.11. The van der Waals surface area contributed by atoms with Crippen LogP contribution in [0.5, 0.6) is 0 Å². The maximum absolute atomic E-state index is 5.96. The molecular formula is C10H14BrCl2N. The maximum Gasteiger partial charge on any atom is 0.0548 e. The van der Waals surface area contributed by atoms with Crippen molar-refractivity contribution in [3.63, 3.8) is 0 Å². The van der Waals surface area contributed by atoms with E-state index < -0.39 is 0 Å². The normalized spacial score (nSPS) is 12.0. The van der Waals surface area contributed by atoms with E-state index in [1.807, 2.05) is 18.2 Å². The zero-order valence-electron chi connectivity index (χ0n) is 7.97. The minimum absolute atomic E-state index is 0. The summed E-state index contributed by atoms with van der Waals surface area (Å²) < 4.78 is 0.915. The summed E-state index contributed by atoms with van der Waals surface area (Å²) >= 11 is 9.25. The van der Waals surface area contributed by atoms with Crippen LogP contribution in [-0.4, -0.2) is 0 Å². The molecule has 0 spiro atoms. The molecular weight excluding hydrogens is 285 g/mol. The van der Waals surface area contributed by atoms with Gasteiger partial charge in [0.15, 0.2) is 0 Å². The van der Waals surface area contributed by atoms with Crippen LogP contribution in [0, 0.1) is 0 Å². The van der Waals surface area contributed by atoms with Crippen LogP contribution in [0.3, 0.4) is 0 Å². The van der Waals surface area contributed by atoms with Crippen molar-refractivity contribution in [2.24, 2.45) is 5.73 Å². The van der Waals surface area contributed by atoms with Crippen LogP contribution < -0.4 is 5.73 Å². The summed E-state index contributed by atoms with van der Waals surface area (Å²) in [5, 5.41) is 0.729. The number of rotatable bonds is 3.